The van der Waals surface area contributed by atoms with Crippen LogP contribution in [0.1, 0.15) is 0 Å². The van der Waals surface area contributed by atoms with Crippen LogP contribution >= 0.6 is 0 Å². The van der Waals surface area contributed by atoms with E-state index in [1.165, 1.54) is 0 Å². The fourth-order valence-electron chi connectivity index (χ4n) is 2.49. The van der Waals surface area contributed by atoms with Gasteiger partial charge in [-0.15, -0.1) is 0 Å². The number of fused-ring (bicyclic) bond motifs is 1. The standard InChI is InChI=1S/C17H16N2O4/c1-21-11-5-3-10(4-6-11)15-16(23-18)13-8-7-12(22-2)9-14(13)17(20)19-15/h3-9H,18H2,1-2H3,(H,19,20). The highest BCUT2D eigenvalue weighted by Crippen LogP contribution is 2.34. The number of H-pyrrole nitrogens is 1. The molecular weight excluding hydrogens is 296 g/mol. The molecule has 0 atom stereocenters. The second-order valence-corrected chi connectivity index (χ2v) is 4.92. The second kappa shape index (κ2) is 6.02. The summed E-state index contributed by atoms with van der Waals surface area (Å²) in [6.45, 7) is 0. The maximum atomic E-state index is 12.4. The molecule has 3 N–H and O–H groups in total. The van der Waals surface area contributed by atoms with E-state index in [0.717, 1.165) is 11.3 Å². The quantitative estimate of drug-likeness (QED) is 0.723. The molecule has 0 unspecified atom stereocenters. The van der Waals surface area contributed by atoms with E-state index in [-0.39, 0.29) is 5.56 Å². The summed E-state index contributed by atoms with van der Waals surface area (Å²) in [5.41, 5.74) is 1.03. The number of hydrogen-bond acceptors (Lipinski definition) is 5. The van der Waals surface area contributed by atoms with E-state index in [9.17, 15) is 4.79 Å². The lowest BCUT2D eigenvalue weighted by molar-refractivity contribution is 0.339. The van der Waals surface area contributed by atoms with E-state index in [1.807, 2.05) is 12.1 Å². The Morgan fingerprint density at radius 3 is 2.17 bits per heavy atom. The molecule has 0 radical (unpaired) electrons. The van der Waals surface area contributed by atoms with Gasteiger partial charge >= 0.3 is 0 Å². The Morgan fingerprint density at radius 2 is 1.57 bits per heavy atom. The number of ether oxygens (including phenoxy) is 2. The van der Waals surface area contributed by atoms with Crippen LogP contribution in [-0.2, 0) is 0 Å². The van der Waals surface area contributed by atoms with E-state index in [1.54, 1.807) is 44.6 Å². The lowest BCUT2D eigenvalue weighted by Gasteiger charge is -2.12. The minimum absolute atomic E-state index is 0.245. The van der Waals surface area contributed by atoms with Gasteiger partial charge in [0, 0.05) is 10.9 Å². The number of nitrogens with one attached hydrogen (secondary N) is 1. The first-order valence-corrected chi connectivity index (χ1v) is 6.93. The summed E-state index contributed by atoms with van der Waals surface area (Å²) in [5, 5.41) is 1.06. The number of hydrogen-bond donors (Lipinski definition) is 2. The van der Waals surface area contributed by atoms with E-state index in [4.69, 9.17) is 20.2 Å². The summed E-state index contributed by atoms with van der Waals surface area (Å²) in [4.78, 5) is 20.3. The number of nitrogens with two attached hydrogens (primary N) is 1. The molecule has 0 saturated heterocycles. The van der Waals surface area contributed by atoms with Crippen molar-refractivity contribution in [1.29, 1.82) is 0 Å². The third-order valence-corrected chi connectivity index (χ3v) is 3.68. The van der Waals surface area contributed by atoms with Crippen molar-refractivity contribution in [3.8, 4) is 28.5 Å². The predicted octanol–water partition coefficient (Wildman–Crippen LogP) is 2.46. The van der Waals surface area contributed by atoms with Crippen LogP contribution in [0.15, 0.2) is 47.3 Å². The predicted molar refractivity (Wildman–Crippen MR) is 87.9 cm³/mol. The maximum absolute atomic E-state index is 12.4. The molecule has 2 aromatic carbocycles. The fraction of sp³-hybridized carbons (Fsp3) is 0.118. The topological polar surface area (TPSA) is 86.6 Å². The molecule has 0 aliphatic carbocycles. The van der Waals surface area contributed by atoms with Crippen LogP contribution in [-0.4, -0.2) is 19.2 Å². The minimum Gasteiger partial charge on any atom is -0.497 e. The van der Waals surface area contributed by atoms with Crippen molar-refractivity contribution in [2.24, 2.45) is 5.90 Å². The van der Waals surface area contributed by atoms with Crippen LogP contribution in [0.4, 0.5) is 0 Å². The average molecular weight is 312 g/mol. The van der Waals surface area contributed by atoms with Gasteiger partial charge in [-0.05, 0) is 42.5 Å². The van der Waals surface area contributed by atoms with Gasteiger partial charge in [0.2, 0.25) is 0 Å². The monoisotopic (exact) mass is 312 g/mol. The Balaban J connectivity index is 2.26. The van der Waals surface area contributed by atoms with Gasteiger partial charge < -0.3 is 19.3 Å². The summed E-state index contributed by atoms with van der Waals surface area (Å²) >= 11 is 0. The van der Waals surface area contributed by atoms with Crippen LogP contribution in [0.5, 0.6) is 17.2 Å². The summed E-state index contributed by atoms with van der Waals surface area (Å²) < 4.78 is 10.3. The Kier molecular flexibility index (Phi) is 3.91. The Morgan fingerprint density at radius 1 is 0.913 bits per heavy atom. The molecular formula is C17H16N2O4. The number of aromatic amines is 1. The van der Waals surface area contributed by atoms with E-state index >= 15 is 0 Å². The molecule has 0 saturated carbocycles. The van der Waals surface area contributed by atoms with E-state index < -0.39 is 0 Å². The van der Waals surface area contributed by atoms with Crippen LogP contribution in [0, 0.1) is 0 Å². The van der Waals surface area contributed by atoms with Gasteiger partial charge in [-0.1, -0.05) is 0 Å². The summed E-state index contributed by atoms with van der Waals surface area (Å²) in [6.07, 6.45) is 0. The highest BCUT2D eigenvalue weighted by molar-refractivity contribution is 5.93. The fourth-order valence-corrected chi connectivity index (χ4v) is 2.49. The molecule has 0 bridgehead atoms. The maximum Gasteiger partial charge on any atom is 0.256 e. The van der Waals surface area contributed by atoms with E-state index in [2.05, 4.69) is 4.98 Å². The molecule has 0 fully saturated rings. The second-order valence-electron chi connectivity index (χ2n) is 4.92. The molecule has 0 spiro atoms. The molecule has 1 aromatic heterocycles. The highest BCUT2D eigenvalue weighted by Gasteiger charge is 2.15. The normalized spacial score (nSPS) is 10.6. The zero-order valence-electron chi connectivity index (χ0n) is 12.8. The Hall–Kier alpha value is -2.99. The van der Waals surface area contributed by atoms with Crippen LogP contribution in [0.25, 0.3) is 22.0 Å². The molecule has 6 heteroatoms. The lowest BCUT2D eigenvalue weighted by atomic mass is 10.1. The van der Waals surface area contributed by atoms with Crippen molar-refractivity contribution in [2.75, 3.05) is 14.2 Å². The third-order valence-electron chi connectivity index (χ3n) is 3.68. The lowest BCUT2D eigenvalue weighted by Crippen LogP contribution is -2.13. The van der Waals surface area contributed by atoms with Crippen LogP contribution in [0.3, 0.4) is 0 Å². The Labute approximate surface area is 132 Å². The Bertz CT molecular complexity index is 901. The molecule has 23 heavy (non-hydrogen) atoms. The summed E-state index contributed by atoms with van der Waals surface area (Å²) in [5.74, 6) is 7.15. The summed E-state index contributed by atoms with van der Waals surface area (Å²) in [6, 6.07) is 12.4. The van der Waals surface area contributed by atoms with Gasteiger partial charge in [0.1, 0.15) is 11.5 Å². The van der Waals surface area contributed by atoms with Crippen LogP contribution in [0.2, 0.25) is 0 Å². The highest BCUT2D eigenvalue weighted by atomic mass is 16.6. The van der Waals surface area contributed by atoms with Crippen molar-refractivity contribution in [1.82, 2.24) is 4.98 Å². The smallest absolute Gasteiger partial charge is 0.256 e. The minimum atomic E-state index is -0.245. The van der Waals surface area contributed by atoms with Crippen molar-refractivity contribution in [3.63, 3.8) is 0 Å². The van der Waals surface area contributed by atoms with Gasteiger partial charge in [-0.2, -0.15) is 5.90 Å². The molecule has 3 aromatic rings. The average Bonchev–Trinajstić information content (AvgIpc) is 2.61. The van der Waals surface area contributed by atoms with Crippen LogP contribution < -0.4 is 25.8 Å². The van der Waals surface area contributed by atoms with Crippen molar-refractivity contribution in [3.05, 3.63) is 52.8 Å². The molecule has 118 valence electrons. The zero-order valence-corrected chi connectivity index (χ0v) is 12.8. The first-order valence-electron chi connectivity index (χ1n) is 6.93. The number of benzene rings is 2. The molecule has 3 rings (SSSR count). The third kappa shape index (κ3) is 2.60. The van der Waals surface area contributed by atoms with Crippen molar-refractivity contribution >= 4 is 10.8 Å². The number of aromatic nitrogens is 1. The number of rotatable bonds is 4. The molecule has 6 nitrogen and oxygen atoms in total. The molecule has 0 aliphatic heterocycles. The SMILES string of the molecule is COc1ccc(-c2[nH]c(=O)c3cc(OC)ccc3c2ON)cc1. The van der Waals surface area contributed by atoms with Crippen molar-refractivity contribution < 1.29 is 14.3 Å². The van der Waals surface area contributed by atoms with Gasteiger partial charge in [-0.25, -0.2) is 0 Å². The first-order chi connectivity index (χ1) is 11.2. The summed E-state index contributed by atoms with van der Waals surface area (Å²) in [7, 11) is 3.14. The van der Waals surface area contributed by atoms with E-state index in [0.29, 0.717) is 28.0 Å². The molecule has 1 heterocycles. The van der Waals surface area contributed by atoms with Gasteiger partial charge in [0.05, 0.1) is 25.3 Å². The van der Waals surface area contributed by atoms with Gasteiger partial charge in [0.15, 0.2) is 5.75 Å². The van der Waals surface area contributed by atoms with Gasteiger partial charge in [0.25, 0.3) is 5.56 Å². The van der Waals surface area contributed by atoms with Gasteiger partial charge in [-0.3, -0.25) is 4.79 Å². The largest absolute Gasteiger partial charge is 0.497 e. The molecule has 0 aliphatic rings. The zero-order chi connectivity index (χ0) is 16.4. The first kappa shape index (κ1) is 14.9. The number of pyridine rings is 1. The number of methoxy groups -OCH3 is 2. The molecule has 0 amide bonds. The van der Waals surface area contributed by atoms with Crippen molar-refractivity contribution in [2.45, 2.75) is 0 Å².